The summed E-state index contributed by atoms with van der Waals surface area (Å²) in [5, 5.41) is 2.78. The van der Waals surface area contributed by atoms with Gasteiger partial charge in [0.15, 0.2) is 0 Å². The molecular formula is C14H20FN3O2. The summed E-state index contributed by atoms with van der Waals surface area (Å²) in [7, 11) is 1.34. The van der Waals surface area contributed by atoms with Crippen LogP contribution in [0.25, 0.3) is 0 Å². The molecule has 0 radical (unpaired) electrons. The molecule has 1 aromatic rings. The minimum atomic E-state index is -0.424. The second-order valence-corrected chi connectivity index (χ2v) is 4.92. The molecule has 1 aromatic carbocycles. The zero-order valence-electron chi connectivity index (χ0n) is 11.5. The molecular weight excluding hydrogens is 261 g/mol. The van der Waals surface area contributed by atoms with Crippen LogP contribution in [0, 0.1) is 5.82 Å². The number of alkyl carbamates (subject to hydrolysis) is 1. The zero-order chi connectivity index (χ0) is 14.5. The van der Waals surface area contributed by atoms with Crippen LogP contribution in [0.2, 0.25) is 0 Å². The number of ether oxygens (including phenoxy) is 1. The molecule has 1 saturated heterocycles. The van der Waals surface area contributed by atoms with E-state index in [9.17, 15) is 9.18 Å². The predicted octanol–water partition coefficient (Wildman–Crippen LogP) is 1.26. The van der Waals surface area contributed by atoms with E-state index in [1.807, 2.05) is 6.07 Å². The van der Waals surface area contributed by atoms with Crippen LogP contribution < -0.4 is 11.1 Å². The lowest BCUT2D eigenvalue weighted by Gasteiger charge is -2.27. The van der Waals surface area contributed by atoms with Crippen molar-refractivity contribution >= 4 is 6.09 Å². The van der Waals surface area contributed by atoms with Crippen molar-refractivity contribution < 1.29 is 13.9 Å². The van der Waals surface area contributed by atoms with E-state index in [0.717, 1.165) is 18.5 Å². The van der Waals surface area contributed by atoms with Gasteiger partial charge in [-0.05, 0) is 24.1 Å². The highest BCUT2D eigenvalue weighted by Crippen LogP contribution is 2.24. The number of carbonyl (C=O) groups is 1. The molecule has 2 rings (SSSR count). The monoisotopic (exact) mass is 281 g/mol. The molecule has 1 amide bonds. The number of carbonyl (C=O) groups excluding carboxylic acids is 1. The fraction of sp³-hybridized carbons (Fsp3) is 0.500. The van der Waals surface area contributed by atoms with Crippen molar-refractivity contribution in [2.45, 2.75) is 18.5 Å². The first-order chi connectivity index (χ1) is 9.63. The molecule has 0 saturated carbocycles. The second-order valence-electron chi connectivity index (χ2n) is 4.92. The normalized spacial score (nSPS) is 20.6. The maximum Gasteiger partial charge on any atom is 0.407 e. The van der Waals surface area contributed by atoms with Crippen molar-refractivity contribution in [3.63, 3.8) is 0 Å². The Balaban J connectivity index is 2.01. The number of nitrogens with zero attached hydrogens (tertiary/aromatic N) is 1. The van der Waals surface area contributed by atoms with Gasteiger partial charge >= 0.3 is 6.09 Å². The molecule has 2 unspecified atom stereocenters. The smallest absolute Gasteiger partial charge is 0.407 e. The first-order valence-electron chi connectivity index (χ1n) is 6.68. The van der Waals surface area contributed by atoms with Crippen molar-refractivity contribution in [1.82, 2.24) is 10.2 Å². The minimum absolute atomic E-state index is 0.0323. The number of benzene rings is 1. The Labute approximate surface area is 117 Å². The number of nitrogens with two attached hydrogens (primary N) is 1. The summed E-state index contributed by atoms with van der Waals surface area (Å²) >= 11 is 0. The maximum atomic E-state index is 13.3. The zero-order valence-corrected chi connectivity index (χ0v) is 11.5. The number of amides is 1. The van der Waals surface area contributed by atoms with E-state index >= 15 is 0 Å². The molecule has 1 heterocycles. The molecule has 6 heteroatoms. The van der Waals surface area contributed by atoms with Gasteiger partial charge in [-0.1, -0.05) is 12.1 Å². The lowest BCUT2D eigenvalue weighted by atomic mass is 10.1. The second kappa shape index (κ2) is 6.67. The van der Waals surface area contributed by atoms with Gasteiger partial charge in [-0.3, -0.25) is 4.90 Å². The summed E-state index contributed by atoms with van der Waals surface area (Å²) in [5.74, 6) is -0.260. The molecule has 1 aliphatic heterocycles. The molecule has 3 N–H and O–H groups in total. The van der Waals surface area contributed by atoms with Crippen LogP contribution in [-0.2, 0) is 4.74 Å². The summed E-state index contributed by atoms with van der Waals surface area (Å²) in [4.78, 5) is 13.4. The Bertz CT molecular complexity index is 469. The van der Waals surface area contributed by atoms with Gasteiger partial charge in [-0.2, -0.15) is 0 Å². The van der Waals surface area contributed by atoms with Gasteiger partial charge in [0.2, 0.25) is 0 Å². The summed E-state index contributed by atoms with van der Waals surface area (Å²) in [5.41, 5.74) is 6.70. The SMILES string of the molecule is COC(=O)NC1CCN(C(CN)c2cccc(F)c2)C1. The molecule has 0 aromatic heterocycles. The van der Waals surface area contributed by atoms with Gasteiger partial charge < -0.3 is 15.8 Å². The number of halogens is 1. The van der Waals surface area contributed by atoms with Gasteiger partial charge in [-0.25, -0.2) is 9.18 Å². The number of hydrogen-bond acceptors (Lipinski definition) is 4. The lowest BCUT2D eigenvalue weighted by molar-refractivity contribution is 0.165. The molecule has 20 heavy (non-hydrogen) atoms. The lowest BCUT2D eigenvalue weighted by Crippen LogP contribution is -2.39. The van der Waals surface area contributed by atoms with Crippen molar-refractivity contribution in [1.29, 1.82) is 0 Å². The average Bonchev–Trinajstić information content (AvgIpc) is 2.88. The molecule has 5 nitrogen and oxygen atoms in total. The van der Waals surface area contributed by atoms with Crippen LogP contribution in [-0.4, -0.2) is 43.8 Å². The van der Waals surface area contributed by atoms with Crippen LogP contribution in [0.3, 0.4) is 0 Å². The van der Waals surface area contributed by atoms with Crippen LogP contribution in [0.5, 0.6) is 0 Å². The molecule has 1 aliphatic rings. The molecule has 0 aliphatic carbocycles. The van der Waals surface area contributed by atoms with Crippen molar-refractivity contribution in [2.24, 2.45) is 5.73 Å². The fourth-order valence-electron chi connectivity index (χ4n) is 2.62. The van der Waals surface area contributed by atoms with Gasteiger partial charge in [0.1, 0.15) is 5.82 Å². The largest absolute Gasteiger partial charge is 0.453 e. The van der Waals surface area contributed by atoms with Crippen LogP contribution in [0.1, 0.15) is 18.0 Å². The molecule has 110 valence electrons. The van der Waals surface area contributed by atoms with Crippen LogP contribution >= 0.6 is 0 Å². The fourth-order valence-corrected chi connectivity index (χ4v) is 2.62. The third kappa shape index (κ3) is 3.46. The summed E-state index contributed by atoms with van der Waals surface area (Å²) in [6.07, 6.45) is 0.410. The van der Waals surface area contributed by atoms with E-state index in [-0.39, 0.29) is 17.9 Å². The van der Waals surface area contributed by atoms with Crippen molar-refractivity contribution in [3.05, 3.63) is 35.6 Å². The third-order valence-corrected chi connectivity index (χ3v) is 3.62. The first-order valence-corrected chi connectivity index (χ1v) is 6.68. The summed E-state index contributed by atoms with van der Waals surface area (Å²) in [6.45, 7) is 1.91. The molecule has 2 atom stereocenters. The Morgan fingerprint density at radius 2 is 2.45 bits per heavy atom. The van der Waals surface area contributed by atoms with Gasteiger partial charge in [0, 0.05) is 31.7 Å². The number of methoxy groups -OCH3 is 1. The highest BCUT2D eigenvalue weighted by atomic mass is 19.1. The highest BCUT2D eigenvalue weighted by Gasteiger charge is 2.29. The van der Waals surface area contributed by atoms with Gasteiger partial charge in [0.05, 0.1) is 7.11 Å². The number of rotatable bonds is 4. The van der Waals surface area contributed by atoms with Crippen LogP contribution in [0.15, 0.2) is 24.3 Å². The molecule has 0 spiro atoms. The van der Waals surface area contributed by atoms with E-state index < -0.39 is 6.09 Å². The topological polar surface area (TPSA) is 67.6 Å². The van der Waals surface area contributed by atoms with Gasteiger partial charge in [-0.15, -0.1) is 0 Å². The minimum Gasteiger partial charge on any atom is -0.453 e. The first kappa shape index (κ1) is 14.7. The van der Waals surface area contributed by atoms with Gasteiger partial charge in [0.25, 0.3) is 0 Å². The van der Waals surface area contributed by atoms with Crippen LogP contribution in [0.4, 0.5) is 9.18 Å². The summed E-state index contributed by atoms with van der Waals surface area (Å²) in [6, 6.07) is 6.51. The summed E-state index contributed by atoms with van der Waals surface area (Å²) < 4.78 is 17.9. The Morgan fingerprint density at radius 1 is 1.65 bits per heavy atom. The van der Waals surface area contributed by atoms with E-state index in [2.05, 4.69) is 15.0 Å². The van der Waals surface area contributed by atoms with E-state index in [1.165, 1.54) is 19.2 Å². The Hall–Kier alpha value is -1.66. The van der Waals surface area contributed by atoms with Crippen molar-refractivity contribution in [2.75, 3.05) is 26.7 Å². The standard InChI is InChI=1S/C14H20FN3O2/c1-20-14(19)17-12-5-6-18(9-12)13(8-16)10-3-2-4-11(15)7-10/h2-4,7,12-13H,5-6,8-9,16H2,1H3,(H,17,19). The Morgan fingerprint density at radius 3 is 3.10 bits per heavy atom. The quantitative estimate of drug-likeness (QED) is 0.872. The molecule has 1 fully saturated rings. The molecule has 0 bridgehead atoms. The number of likely N-dealkylation sites (tertiary alicyclic amines) is 1. The highest BCUT2D eigenvalue weighted by molar-refractivity contribution is 5.67. The predicted molar refractivity (Wildman–Crippen MR) is 73.7 cm³/mol. The average molecular weight is 281 g/mol. The van der Waals surface area contributed by atoms with E-state index in [4.69, 9.17) is 5.73 Å². The number of nitrogens with one attached hydrogen (secondary N) is 1. The van der Waals surface area contributed by atoms with Crippen molar-refractivity contribution in [3.8, 4) is 0 Å². The Kier molecular flexibility index (Phi) is 4.92. The third-order valence-electron chi connectivity index (χ3n) is 3.62. The number of hydrogen-bond donors (Lipinski definition) is 2. The van der Waals surface area contributed by atoms with E-state index in [1.54, 1.807) is 6.07 Å². The van der Waals surface area contributed by atoms with E-state index in [0.29, 0.717) is 13.1 Å². The maximum absolute atomic E-state index is 13.3.